The molecule has 0 aromatic rings. The van der Waals surface area contributed by atoms with Gasteiger partial charge < -0.3 is 0 Å². The molecule has 7 rings (SSSR count). The molecule has 0 radical (unpaired) electrons. The summed E-state index contributed by atoms with van der Waals surface area (Å²) >= 11 is 0. The fourth-order valence-corrected chi connectivity index (χ4v) is 10.8. The van der Waals surface area contributed by atoms with E-state index in [2.05, 4.69) is 41.5 Å². The van der Waals surface area contributed by atoms with Crippen molar-refractivity contribution < 1.29 is 0 Å². The van der Waals surface area contributed by atoms with Crippen molar-refractivity contribution in [1.82, 2.24) is 0 Å². The lowest BCUT2D eigenvalue weighted by Gasteiger charge is -2.98. The van der Waals surface area contributed by atoms with Crippen LogP contribution in [-0.4, -0.2) is 0 Å². The highest BCUT2D eigenvalue weighted by molar-refractivity contribution is 5.41. The van der Waals surface area contributed by atoms with Crippen LogP contribution in [0.25, 0.3) is 0 Å². The molecular formula is C21H34. The van der Waals surface area contributed by atoms with Gasteiger partial charge in [0.2, 0.25) is 0 Å². The average Bonchev–Trinajstić information content (AvgIpc) is 2.42. The van der Waals surface area contributed by atoms with Crippen molar-refractivity contribution in [2.45, 2.75) is 80.1 Å². The van der Waals surface area contributed by atoms with Gasteiger partial charge in [0, 0.05) is 0 Å². The van der Waals surface area contributed by atoms with Crippen LogP contribution in [0.15, 0.2) is 0 Å². The smallest absolute Gasteiger partial charge is 0.0142 e. The molecule has 0 heteroatoms. The van der Waals surface area contributed by atoms with E-state index in [1.807, 2.05) is 0 Å². The van der Waals surface area contributed by atoms with Crippen molar-refractivity contribution in [1.29, 1.82) is 0 Å². The summed E-state index contributed by atoms with van der Waals surface area (Å²) in [5.74, 6) is 4.09. The second-order valence-corrected chi connectivity index (χ2v) is 10.5. The third kappa shape index (κ3) is 0.818. The molecule has 9 atom stereocenters. The minimum absolute atomic E-state index is 0.628. The fourth-order valence-electron chi connectivity index (χ4n) is 10.8. The molecule has 0 saturated heterocycles. The summed E-state index contributed by atoms with van der Waals surface area (Å²) in [4.78, 5) is 0. The van der Waals surface area contributed by atoms with Crippen molar-refractivity contribution in [2.75, 3.05) is 0 Å². The first-order valence-corrected chi connectivity index (χ1v) is 9.77. The number of hydrogen-bond acceptors (Lipinski definition) is 0. The predicted octanol–water partition coefficient (Wildman–Crippen LogP) is 5.91. The molecule has 1 spiro atoms. The van der Waals surface area contributed by atoms with Crippen LogP contribution in [0.5, 0.6) is 0 Å². The predicted molar refractivity (Wildman–Crippen MR) is 87.9 cm³/mol. The second kappa shape index (κ2) is 3.13. The van der Waals surface area contributed by atoms with Crippen LogP contribution >= 0.6 is 0 Å². The van der Waals surface area contributed by atoms with E-state index >= 15 is 0 Å². The lowest BCUT2D eigenvalue weighted by Crippen LogP contribution is -2.92. The molecule has 0 aliphatic heterocycles. The van der Waals surface area contributed by atoms with Crippen molar-refractivity contribution >= 4 is 0 Å². The van der Waals surface area contributed by atoms with Crippen LogP contribution in [0.4, 0.5) is 0 Å². The molecule has 21 heavy (non-hydrogen) atoms. The van der Waals surface area contributed by atoms with Gasteiger partial charge in [0.25, 0.3) is 0 Å². The summed E-state index contributed by atoms with van der Waals surface area (Å²) in [6, 6.07) is 0. The Morgan fingerprint density at radius 1 is 1.05 bits per heavy atom. The van der Waals surface area contributed by atoms with Crippen molar-refractivity contribution in [3.05, 3.63) is 0 Å². The summed E-state index contributed by atoms with van der Waals surface area (Å²) in [7, 11) is 0. The quantitative estimate of drug-likeness (QED) is 0.562. The number of rotatable bonds is 1. The standard InChI is InChI=1S/C21H34/c1-7-20-12-21-16-13(2)11-15(16)19(20,6)14(3)17(21,4)9-8-10-18(20,21)5/h13-16H,7-12H2,1-6H3/t13-,14?,15?,16?,17?,18+,19?,20-,21?/m1/s1. The van der Waals surface area contributed by atoms with Gasteiger partial charge in [-0.25, -0.2) is 0 Å². The lowest BCUT2D eigenvalue weighted by molar-refractivity contribution is -0.502. The zero-order chi connectivity index (χ0) is 15.1. The molecule has 0 heterocycles. The first-order chi connectivity index (χ1) is 9.77. The Morgan fingerprint density at radius 3 is 2.38 bits per heavy atom. The summed E-state index contributed by atoms with van der Waals surface area (Å²) < 4.78 is 0. The maximum Gasteiger partial charge on any atom is -0.0142 e. The Morgan fingerprint density at radius 2 is 1.76 bits per heavy atom. The van der Waals surface area contributed by atoms with Crippen molar-refractivity contribution in [3.8, 4) is 0 Å². The van der Waals surface area contributed by atoms with Gasteiger partial charge in [0.1, 0.15) is 0 Å². The van der Waals surface area contributed by atoms with Gasteiger partial charge in [-0.2, -0.15) is 0 Å². The molecule has 7 aliphatic rings. The summed E-state index contributed by atoms with van der Waals surface area (Å²) in [5, 5.41) is 0. The first kappa shape index (κ1) is 13.4. The van der Waals surface area contributed by atoms with Gasteiger partial charge in [-0.15, -0.1) is 0 Å². The maximum atomic E-state index is 2.76. The van der Waals surface area contributed by atoms with Crippen LogP contribution in [0.1, 0.15) is 80.1 Å². The highest BCUT2D eigenvalue weighted by atomic mass is 15.0. The Labute approximate surface area is 131 Å². The Kier molecular flexibility index (Phi) is 2.01. The molecule has 7 saturated carbocycles. The van der Waals surface area contributed by atoms with E-state index < -0.39 is 0 Å². The SMILES string of the molecule is CC[C@]12CC34C5C(C[C@H]5C)C1(C)C(C)C3(C)CCC[C@]42C. The van der Waals surface area contributed by atoms with Crippen molar-refractivity contribution in [2.24, 2.45) is 50.7 Å². The molecule has 0 aromatic heterocycles. The molecular weight excluding hydrogens is 252 g/mol. The van der Waals surface area contributed by atoms with E-state index in [4.69, 9.17) is 0 Å². The summed E-state index contributed by atoms with van der Waals surface area (Å²) in [6.07, 6.45) is 9.14. The monoisotopic (exact) mass is 286 g/mol. The minimum atomic E-state index is 0.628. The van der Waals surface area contributed by atoms with E-state index in [0.29, 0.717) is 27.1 Å². The average molecular weight is 287 g/mol. The van der Waals surface area contributed by atoms with Gasteiger partial charge in [-0.05, 0) is 82.9 Å². The molecule has 7 fully saturated rings. The topological polar surface area (TPSA) is 0 Å². The maximum absolute atomic E-state index is 2.76. The van der Waals surface area contributed by atoms with Crippen LogP contribution in [0.2, 0.25) is 0 Å². The summed E-state index contributed by atoms with van der Waals surface area (Å²) in [5.41, 5.74) is 3.33. The van der Waals surface area contributed by atoms with Crippen LogP contribution in [-0.2, 0) is 0 Å². The molecule has 0 aromatic carbocycles. The molecule has 5 bridgehead atoms. The molecule has 0 nitrogen and oxygen atoms in total. The van der Waals surface area contributed by atoms with E-state index in [1.54, 1.807) is 12.8 Å². The molecule has 118 valence electrons. The molecule has 7 aliphatic carbocycles. The second-order valence-electron chi connectivity index (χ2n) is 10.5. The van der Waals surface area contributed by atoms with Crippen LogP contribution in [0, 0.1) is 50.7 Å². The Bertz CT molecular complexity index is 536. The minimum Gasteiger partial charge on any atom is -0.0648 e. The highest BCUT2D eigenvalue weighted by Crippen LogP contribution is 2.99. The Hall–Kier alpha value is 0. The van der Waals surface area contributed by atoms with E-state index in [-0.39, 0.29) is 0 Å². The van der Waals surface area contributed by atoms with E-state index in [1.165, 1.54) is 25.7 Å². The zero-order valence-electron chi connectivity index (χ0n) is 15.1. The van der Waals surface area contributed by atoms with Crippen molar-refractivity contribution in [3.63, 3.8) is 0 Å². The normalized spacial score (nSPS) is 73.4. The van der Waals surface area contributed by atoms with E-state index in [9.17, 15) is 0 Å². The van der Waals surface area contributed by atoms with Gasteiger partial charge in [0.15, 0.2) is 0 Å². The number of hydrogen-bond donors (Lipinski definition) is 0. The molecule has 0 N–H and O–H groups in total. The van der Waals surface area contributed by atoms with Crippen LogP contribution < -0.4 is 0 Å². The Balaban J connectivity index is 1.84. The highest BCUT2D eigenvalue weighted by Gasteiger charge is 2.94. The lowest BCUT2D eigenvalue weighted by atomic mass is 9.06. The van der Waals surface area contributed by atoms with Gasteiger partial charge in [-0.3, -0.25) is 0 Å². The van der Waals surface area contributed by atoms with Gasteiger partial charge in [-0.1, -0.05) is 48.0 Å². The first-order valence-electron chi connectivity index (χ1n) is 9.77. The summed E-state index contributed by atoms with van der Waals surface area (Å²) in [6.45, 7) is 16.0. The third-order valence-corrected chi connectivity index (χ3v) is 11.5. The fraction of sp³-hybridized carbons (Fsp3) is 1.00. The molecule has 6 unspecified atom stereocenters. The van der Waals surface area contributed by atoms with Gasteiger partial charge in [0.05, 0.1) is 0 Å². The largest absolute Gasteiger partial charge is 0.0648 e. The van der Waals surface area contributed by atoms with E-state index in [0.717, 1.165) is 23.7 Å². The molecule has 0 amide bonds. The third-order valence-electron chi connectivity index (χ3n) is 11.5. The zero-order valence-corrected chi connectivity index (χ0v) is 15.1. The van der Waals surface area contributed by atoms with Crippen LogP contribution in [0.3, 0.4) is 0 Å². The van der Waals surface area contributed by atoms with Gasteiger partial charge >= 0.3 is 0 Å².